The monoisotopic (exact) mass is 370 g/mol. The molecule has 2 unspecified atom stereocenters. The molecule has 1 aliphatic heterocycles. The molecule has 4 nitrogen and oxygen atoms in total. The van der Waals surface area contributed by atoms with Crippen molar-refractivity contribution in [3.63, 3.8) is 0 Å². The number of thioether (sulfide) groups is 1. The molecule has 104 valence electrons. The highest BCUT2D eigenvalue weighted by atomic mass is 79.9. The number of thiazole rings is 1. The third-order valence-corrected chi connectivity index (χ3v) is 5.96. The van der Waals surface area contributed by atoms with E-state index in [0.29, 0.717) is 5.75 Å². The number of hydrogen-bond acceptors (Lipinski definition) is 5. The lowest BCUT2D eigenvalue weighted by Crippen LogP contribution is -2.33. The van der Waals surface area contributed by atoms with E-state index in [1.165, 1.54) is 0 Å². The molecule has 3 rings (SSSR count). The molecular formula is C13H11BrN2O2S2. The molecule has 0 aliphatic carbocycles. The van der Waals surface area contributed by atoms with E-state index in [1.54, 1.807) is 23.1 Å². The van der Waals surface area contributed by atoms with Crippen molar-refractivity contribution in [2.75, 3.05) is 5.75 Å². The van der Waals surface area contributed by atoms with E-state index in [-0.39, 0.29) is 5.37 Å². The fourth-order valence-electron chi connectivity index (χ4n) is 1.91. The van der Waals surface area contributed by atoms with Crippen LogP contribution in [0.15, 0.2) is 34.9 Å². The number of nitrogens with one attached hydrogen (secondary N) is 1. The van der Waals surface area contributed by atoms with E-state index in [4.69, 9.17) is 5.11 Å². The third-order valence-electron chi connectivity index (χ3n) is 2.96. The van der Waals surface area contributed by atoms with Crippen molar-refractivity contribution >= 4 is 45.0 Å². The molecule has 2 aromatic rings. The zero-order chi connectivity index (χ0) is 14.1. The molecule has 1 aromatic heterocycles. The van der Waals surface area contributed by atoms with Crippen LogP contribution in [0.2, 0.25) is 0 Å². The van der Waals surface area contributed by atoms with Crippen molar-refractivity contribution in [1.29, 1.82) is 0 Å². The minimum Gasteiger partial charge on any atom is -0.480 e. The summed E-state index contributed by atoms with van der Waals surface area (Å²) in [5.41, 5.74) is 1.12. The summed E-state index contributed by atoms with van der Waals surface area (Å²) in [5.74, 6) is -0.225. The van der Waals surface area contributed by atoms with Gasteiger partial charge in [0.25, 0.3) is 0 Å². The first-order valence-electron chi connectivity index (χ1n) is 5.95. The standard InChI is InChI=1S/C13H11BrN2O2S2/c14-8-3-1-7(2-4-8)10-5-15-11(20-10)12-16-9(6-19-12)13(17)18/h1-5,9,12,16H,6H2,(H,17,18). The molecule has 1 fully saturated rings. The van der Waals surface area contributed by atoms with Gasteiger partial charge in [0, 0.05) is 16.4 Å². The first-order chi connectivity index (χ1) is 9.63. The van der Waals surface area contributed by atoms with Gasteiger partial charge < -0.3 is 5.11 Å². The van der Waals surface area contributed by atoms with Gasteiger partial charge in [-0.05, 0) is 17.7 Å². The van der Waals surface area contributed by atoms with Crippen molar-refractivity contribution in [1.82, 2.24) is 10.3 Å². The van der Waals surface area contributed by atoms with Crippen molar-refractivity contribution in [3.8, 4) is 10.4 Å². The van der Waals surface area contributed by atoms with Gasteiger partial charge in [-0.1, -0.05) is 28.1 Å². The van der Waals surface area contributed by atoms with Crippen molar-refractivity contribution in [3.05, 3.63) is 39.9 Å². The van der Waals surface area contributed by atoms with Gasteiger partial charge in [-0.15, -0.1) is 23.1 Å². The van der Waals surface area contributed by atoms with Gasteiger partial charge in [-0.25, -0.2) is 4.98 Å². The van der Waals surface area contributed by atoms with Crippen LogP contribution in [0.5, 0.6) is 0 Å². The van der Waals surface area contributed by atoms with Crippen LogP contribution in [0.4, 0.5) is 0 Å². The van der Waals surface area contributed by atoms with Gasteiger partial charge in [0.2, 0.25) is 0 Å². The molecule has 7 heteroatoms. The Bertz CT molecular complexity index is 630. The smallest absolute Gasteiger partial charge is 0.321 e. The number of nitrogens with zero attached hydrogens (tertiary/aromatic N) is 1. The Morgan fingerprint density at radius 2 is 2.15 bits per heavy atom. The fourth-order valence-corrected chi connectivity index (χ4v) is 4.48. The quantitative estimate of drug-likeness (QED) is 0.867. The molecule has 1 aliphatic rings. The van der Waals surface area contributed by atoms with Crippen LogP contribution < -0.4 is 5.32 Å². The molecule has 1 aromatic carbocycles. The van der Waals surface area contributed by atoms with E-state index in [1.807, 2.05) is 30.5 Å². The van der Waals surface area contributed by atoms with Crippen LogP contribution in [-0.4, -0.2) is 27.9 Å². The zero-order valence-electron chi connectivity index (χ0n) is 10.2. The Hall–Kier alpha value is -0.890. The van der Waals surface area contributed by atoms with Gasteiger partial charge in [0.1, 0.15) is 16.4 Å². The summed E-state index contributed by atoms with van der Waals surface area (Å²) in [6.45, 7) is 0. The van der Waals surface area contributed by atoms with Crippen molar-refractivity contribution < 1.29 is 9.90 Å². The number of aliphatic carboxylic acids is 1. The summed E-state index contributed by atoms with van der Waals surface area (Å²) >= 11 is 6.61. The van der Waals surface area contributed by atoms with E-state index >= 15 is 0 Å². The average molecular weight is 371 g/mol. The molecule has 1 saturated heterocycles. The highest BCUT2D eigenvalue weighted by molar-refractivity contribution is 9.10. The van der Waals surface area contributed by atoms with Gasteiger partial charge in [-0.2, -0.15) is 0 Å². The Morgan fingerprint density at radius 1 is 1.40 bits per heavy atom. The van der Waals surface area contributed by atoms with Crippen LogP contribution in [0.1, 0.15) is 10.4 Å². The van der Waals surface area contributed by atoms with E-state index in [9.17, 15) is 4.79 Å². The highest BCUT2D eigenvalue weighted by Gasteiger charge is 2.31. The summed E-state index contributed by atoms with van der Waals surface area (Å²) in [6.07, 6.45) is 1.85. The number of rotatable bonds is 3. The number of carboxylic acids is 1. The molecule has 0 bridgehead atoms. The average Bonchev–Trinajstić information content (AvgIpc) is 3.08. The molecule has 0 amide bonds. The Labute approximate surface area is 132 Å². The topological polar surface area (TPSA) is 62.2 Å². The second-order valence-electron chi connectivity index (χ2n) is 4.34. The Kier molecular flexibility index (Phi) is 4.11. The lowest BCUT2D eigenvalue weighted by Gasteiger charge is -2.06. The predicted octanol–water partition coefficient (Wildman–Crippen LogP) is 3.36. The molecule has 0 spiro atoms. The number of carboxylic acid groups (broad SMARTS) is 1. The first kappa shape index (κ1) is 14.1. The summed E-state index contributed by atoms with van der Waals surface area (Å²) < 4.78 is 1.04. The van der Waals surface area contributed by atoms with Crippen molar-refractivity contribution in [2.45, 2.75) is 11.4 Å². The molecule has 0 saturated carbocycles. The maximum atomic E-state index is 10.9. The molecule has 20 heavy (non-hydrogen) atoms. The Balaban J connectivity index is 1.77. The van der Waals surface area contributed by atoms with Crippen LogP contribution in [0.3, 0.4) is 0 Å². The lowest BCUT2D eigenvalue weighted by molar-refractivity contribution is -0.138. The van der Waals surface area contributed by atoms with Gasteiger partial charge in [-0.3, -0.25) is 10.1 Å². The fraction of sp³-hybridized carbons (Fsp3) is 0.231. The molecule has 2 N–H and O–H groups in total. The minimum atomic E-state index is -0.801. The van der Waals surface area contributed by atoms with Crippen LogP contribution in [-0.2, 0) is 4.79 Å². The van der Waals surface area contributed by atoms with E-state index in [2.05, 4.69) is 26.2 Å². The highest BCUT2D eigenvalue weighted by Crippen LogP contribution is 2.37. The first-order valence-corrected chi connectivity index (χ1v) is 8.61. The molecule has 0 radical (unpaired) electrons. The number of hydrogen-bond donors (Lipinski definition) is 2. The minimum absolute atomic E-state index is 0.0229. The summed E-state index contributed by atoms with van der Waals surface area (Å²) in [7, 11) is 0. The number of aromatic nitrogens is 1. The SMILES string of the molecule is O=C(O)C1CSC(c2ncc(-c3ccc(Br)cc3)s2)N1. The Morgan fingerprint density at radius 3 is 2.80 bits per heavy atom. The van der Waals surface area contributed by atoms with Crippen LogP contribution >= 0.6 is 39.0 Å². The van der Waals surface area contributed by atoms with Crippen LogP contribution in [0, 0.1) is 0 Å². The number of halogens is 1. The van der Waals surface area contributed by atoms with E-state index < -0.39 is 12.0 Å². The summed E-state index contributed by atoms with van der Waals surface area (Å²) in [4.78, 5) is 16.5. The zero-order valence-corrected chi connectivity index (χ0v) is 13.5. The normalized spacial score (nSPS) is 22.1. The predicted molar refractivity (Wildman–Crippen MR) is 85.0 cm³/mol. The largest absolute Gasteiger partial charge is 0.480 e. The summed E-state index contributed by atoms with van der Waals surface area (Å²) in [6, 6.07) is 7.59. The number of carbonyl (C=O) groups is 1. The van der Waals surface area contributed by atoms with Crippen molar-refractivity contribution in [2.24, 2.45) is 0 Å². The molecule has 2 heterocycles. The van der Waals surface area contributed by atoms with Gasteiger partial charge >= 0.3 is 5.97 Å². The van der Waals surface area contributed by atoms with Gasteiger partial charge in [0.05, 0.1) is 4.88 Å². The van der Waals surface area contributed by atoms with Gasteiger partial charge in [0.15, 0.2) is 0 Å². The lowest BCUT2D eigenvalue weighted by atomic mass is 10.2. The van der Waals surface area contributed by atoms with Crippen LogP contribution in [0.25, 0.3) is 10.4 Å². The maximum Gasteiger partial charge on any atom is 0.321 e. The second-order valence-corrected chi connectivity index (χ2v) is 7.46. The summed E-state index contributed by atoms with van der Waals surface area (Å²) in [5, 5.41) is 13.0. The third kappa shape index (κ3) is 2.90. The second kappa shape index (κ2) is 5.85. The van der Waals surface area contributed by atoms with E-state index in [0.717, 1.165) is 19.9 Å². The molecule has 2 atom stereocenters. The maximum absolute atomic E-state index is 10.9. The number of benzene rings is 1. The molecular weight excluding hydrogens is 360 g/mol.